The van der Waals surface area contributed by atoms with Crippen LogP contribution in [-0.2, 0) is 38.0 Å². The molecule has 4 rings (SSSR count). The molecule has 1 aromatic rings. The van der Waals surface area contributed by atoms with Gasteiger partial charge in [-0.3, -0.25) is 0 Å². The average Bonchev–Trinajstić information content (AvgIpc) is 3.57. The van der Waals surface area contributed by atoms with E-state index < -0.39 is 24.3 Å². The highest BCUT2D eigenvalue weighted by Gasteiger charge is 2.49. The Balaban J connectivity index is 1.48. The molecule has 3 saturated heterocycles. The molecule has 2 unspecified atom stereocenters. The summed E-state index contributed by atoms with van der Waals surface area (Å²) < 4.78 is 60.1. The molecule has 3 aliphatic heterocycles. The summed E-state index contributed by atoms with van der Waals surface area (Å²) in [5.41, 5.74) is 2.12. The number of hydrogen-bond donors (Lipinski definition) is 0. The Labute approximate surface area is 303 Å². The minimum absolute atomic E-state index is 0.0142. The molecule has 3 aliphatic rings. The molecule has 3 fully saturated rings. The van der Waals surface area contributed by atoms with Crippen molar-refractivity contribution in [3.63, 3.8) is 0 Å². The van der Waals surface area contributed by atoms with E-state index in [0.717, 1.165) is 49.5 Å². The highest BCUT2D eigenvalue weighted by molar-refractivity contribution is 7.91. The third-order valence-electron chi connectivity index (χ3n) is 11.7. The number of sulfone groups is 1. The number of carbonyl (C=O) groups is 1. The van der Waals surface area contributed by atoms with Gasteiger partial charge in [-0.25, -0.2) is 8.42 Å². The molecule has 8 nitrogen and oxygen atoms in total. The van der Waals surface area contributed by atoms with Crippen molar-refractivity contribution in [2.24, 2.45) is 17.8 Å². The van der Waals surface area contributed by atoms with Crippen LogP contribution in [0, 0.1) is 17.8 Å². The van der Waals surface area contributed by atoms with E-state index in [1.165, 1.54) is 0 Å². The largest absolute Gasteiger partial charge is 0.417 e. The zero-order chi connectivity index (χ0) is 36.9. The maximum Gasteiger partial charge on any atom is 0.191 e. The third-order valence-corrected chi connectivity index (χ3v) is 18.0. The molecule has 282 valence electrons. The van der Waals surface area contributed by atoms with E-state index in [-0.39, 0.29) is 65.2 Å². The Morgan fingerprint density at radius 2 is 1.68 bits per heavy atom. The van der Waals surface area contributed by atoms with E-state index in [0.29, 0.717) is 30.8 Å². The van der Waals surface area contributed by atoms with Gasteiger partial charge in [0.2, 0.25) is 0 Å². The SMILES string of the molecule is C=C1C[C@H](CCC=O)OC1CC[C@H]1C[C@@H](C)C(=C)[C@@H](CC2O[C@H](C[C@H](C)CO[Si](C)(C)C(C)(C)C)[C@H](OC)[C@H]2CS(=O)(=O)c2ccccc2)O1. The summed E-state index contributed by atoms with van der Waals surface area (Å²) >= 11 is 0. The van der Waals surface area contributed by atoms with Crippen molar-refractivity contribution >= 4 is 24.4 Å². The van der Waals surface area contributed by atoms with Crippen molar-refractivity contribution in [3.8, 4) is 0 Å². The predicted octanol–water partition coefficient (Wildman–Crippen LogP) is 8.12. The van der Waals surface area contributed by atoms with Crippen LogP contribution in [0.4, 0.5) is 0 Å². The minimum atomic E-state index is -3.61. The van der Waals surface area contributed by atoms with Gasteiger partial charge in [0.25, 0.3) is 0 Å². The standard InChI is InChI=1S/C40H64O8SSi/c1-27(25-45-50(9,10)40(5,6)7)21-38-39(44-8)34(26-49(42,43)33-16-12-11-13-17-33)37(48-38)24-36-30(4)28(2)22-32(47-36)18-19-35-29(3)23-31(46-35)15-14-20-41/h11-13,16-17,20,27-28,31-32,34-39H,3-4,14-15,18-19,21-26H2,1-2,5-10H3/t27-,28+,31-,32-,34-,35?,36+,37?,38+,39+/m0/s1. The van der Waals surface area contributed by atoms with Gasteiger partial charge >= 0.3 is 0 Å². The van der Waals surface area contributed by atoms with Crippen LogP contribution < -0.4 is 0 Å². The van der Waals surface area contributed by atoms with E-state index in [2.05, 4.69) is 60.9 Å². The van der Waals surface area contributed by atoms with Crippen LogP contribution >= 0.6 is 0 Å². The summed E-state index contributed by atoms with van der Waals surface area (Å²) in [6.45, 7) is 25.0. The van der Waals surface area contributed by atoms with E-state index in [9.17, 15) is 13.2 Å². The summed E-state index contributed by atoms with van der Waals surface area (Å²) in [6.07, 6.45) is 5.43. The highest BCUT2D eigenvalue weighted by Crippen LogP contribution is 2.42. The number of carbonyl (C=O) groups excluding carboxylic acids is 1. The summed E-state index contributed by atoms with van der Waals surface area (Å²) in [7, 11) is -3.87. The molecule has 1 aromatic carbocycles. The molecule has 0 N–H and O–H groups in total. The Kier molecular flexibility index (Phi) is 14.3. The van der Waals surface area contributed by atoms with E-state index in [1.54, 1.807) is 31.4 Å². The first-order chi connectivity index (χ1) is 23.5. The number of rotatable bonds is 17. The second-order valence-electron chi connectivity index (χ2n) is 16.7. The van der Waals surface area contributed by atoms with Gasteiger partial charge < -0.3 is 28.2 Å². The van der Waals surface area contributed by atoms with Gasteiger partial charge in [0.15, 0.2) is 18.2 Å². The molecule has 10 atom stereocenters. The van der Waals surface area contributed by atoms with Crippen LogP contribution in [0.25, 0.3) is 0 Å². The first kappa shape index (κ1) is 41.1. The van der Waals surface area contributed by atoms with Crippen molar-refractivity contribution in [2.45, 2.75) is 152 Å². The van der Waals surface area contributed by atoms with Gasteiger partial charge in [-0.2, -0.15) is 0 Å². The van der Waals surface area contributed by atoms with E-state index in [4.69, 9.17) is 23.4 Å². The van der Waals surface area contributed by atoms with Crippen LogP contribution in [0.15, 0.2) is 59.5 Å². The van der Waals surface area contributed by atoms with Crippen molar-refractivity contribution < 1.29 is 36.6 Å². The number of hydrogen-bond acceptors (Lipinski definition) is 8. The normalized spacial score (nSPS) is 31.6. The fourth-order valence-corrected chi connectivity index (χ4v) is 10.3. The lowest BCUT2D eigenvalue weighted by atomic mass is 9.83. The van der Waals surface area contributed by atoms with E-state index >= 15 is 0 Å². The van der Waals surface area contributed by atoms with Gasteiger partial charge in [0.05, 0.1) is 53.4 Å². The zero-order valence-corrected chi connectivity index (χ0v) is 33.7. The Bertz CT molecular complexity index is 1390. The second-order valence-corrected chi connectivity index (χ2v) is 23.6. The van der Waals surface area contributed by atoms with Crippen molar-refractivity contribution in [2.75, 3.05) is 19.5 Å². The number of aldehydes is 1. The van der Waals surface area contributed by atoms with Crippen LogP contribution in [0.5, 0.6) is 0 Å². The van der Waals surface area contributed by atoms with Gasteiger partial charge in [-0.15, -0.1) is 0 Å². The monoisotopic (exact) mass is 732 g/mol. The van der Waals surface area contributed by atoms with Crippen molar-refractivity contribution in [1.82, 2.24) is 0 Å². The number of benzene rings is 1. The molecule has 3 heterocycles. The lowest BCUT2D eigenvalue weighted by molar-refractivity contribution is -0.108. The second kappa shape index (κ2) is 17.4. The highest BCUT2D eigenvalue weighted by atomic mass is 32.2. The van der Waals surface area contributed by atoms with Crippen molar-refractivity contribution in [3.05, 3.63) is 54.6 Å². The molecule has 0 aliphatic carbocycles. The smallest absolute Gasteiger partial charge is 0.191 e. The first-order valence-corrected chi connectivity index (χ1v) is 23.2. The molecule has 0 spiro atoms. The summed E-state index contributed by atoms with van der Waals surface area (Å²) in [4.78, 5) is 11.2. The average molecular weight is 733 g/mol. The number of methoxy groups -OCH3 is 1. The topological polar surface area (TPSA) is 97.4 Å². The third kappa shape index (κ3) is 10.5. The fraction of sp³-hybridized carbons (Fsp3) is 0.725. The minimum Gasteiger partial charge on any atom is -0.417 e. The van der Waals surface area contributed by atoms with Gasteiger partial charge in [-0.05, 0) is 91.8 Å². The summed E-state index contributed by atoms with van der Waals surface area (Å²) in [5.74, 6) is -0.000774. The van der Waals surface area contributed by atoms with Gasteiger partial charge in [0, 0.05) is 32.5 Å². The Morgan fingerprint density at radius 1 is 1.00 bits per heavy atom. The quantitative estimate of drug-likeness (QED) is 0.0901. The molecular formula is C40H64O8SSi. The molecule has 0 radical (unpaired) electrons. The molecular weight excluding hydrogens is 669 g/mol. The molecule has 10 heteroatoms. The summed E-state index contributed by atoms with van der Waals surface area (Å²) in [6, 6.07) is 8.66. The lowest BCUT2D eigenvalue weighted by Crippen LogP contribution is -2.42. The van der Waals surface area contributed by atoms with Crippen LogP contribution in [0.1, 0.15) is 86.0 Å². The van der Waals surface area contributed by atoms with Gasteiger partial charge in [-0.1, -0.05) is 66.0 Å². The van der Waals surface area contributed by atoms with Crippen LogP contribution in [-0.4, -0.2) is 85.2 Å². The van der Waals surface area contributed by atoms with Crippen LogP contribution in [0.2, 0.25) is 18.1 Å². The Hall–Kier alpha value is -1.66. The Morgan fingerprint density at radius 3 is 2.32 bits per heavy atom. The van der Waals surface area contributed by atoms with Gasteiger partial charge in [0.1, 0.15) is 6.29 Å². The summed E-state index contributed by atoms with van der Waals surface area (Å²) in [5, 5.41) is 0.114. The molecule has 0 amide bonds. The first-order valence-electron chi connectivity index (χ1n) is 18.7. The number of ether oxygens (including phenoxy) is 4. The molecule has 50 heavy (non-hydrogen) atoms. The zero-order valence-electron chi connectivity index (χ0n) is 31.9. The van der Waals surface area contributed by atoms with Crippen LogP contribution in [0.3, 0.4) is 0 Å². The molecule has 0 saturated carbocycles. The molecule has 0 bridgehead atoms. The predicted molar refractivity (Wildman–Crippen MR) is 202 cm³/mol. The van der Waals surface area contributed by atoms with E-state index in [1.807, 2.05) is 6.07 Å². The lowest BCUT2D eigenvalue weighted by Gasteiger charge is -2.38. The fourth-order valence-electron chi connectivity index (χ4n) is 7.52. The molecule has 0 aromatic heterocycles. The maximum atomic E-state index is 13.8. The van der Waals surface area contributed by atoms with Crippen molar-refractivity contribution in [1.29, 1.82) is 0 Å². The maximum absolute atomic E-state index is 13.8.